The van der Waals surface area contributed by atoms with Gasteiger partial charge in [0.1, 0.15) is 6.17 Å². The first-order valence-electron chi connectivity index (χ1n) is 4.16. The fourth-order valence-corrected chi connectivity index (χ4v) is 1.93. The predicted molar refractivity (Wildman–Crippen MR) is 48.9 cm³/mol. The summed E-state index contributed by atoms with van der Waals surface area (Å²) in [6, 6.07) is 4.93. The lowest BCUT2D eigenvalue weighted by Crippen LogP contribution is -2.13. The van der Waals surface area contributed by atoms with Crippen LogP contribution in [0.5, 0.6) is 0 Å². The Hall–Kier alpha value is -0.890. The molecule has 0 spiro atoms. The lowest BCUT2D eigenvalue weighted by atomic mass is 9.89. The van der Waals surface area contributed by atoms with Crippen molar-refractivity contribution in [3.63, 3.8) is 0 Å². The van der Waals surface area contributed by atoms with E-state index in [-0.39, 0.29) is 18.6 Å². The molecule has 0 bridgehead atoms. The third-order valence-corrected chi connectivity index (χ3v) is 2.62. The van der Waals surface area contributed by atoms with E-state index in [2.05, 4.69) is 0 Å². The van der Waals surface area contributed by atoms with Gasteiger partial charge in [-0.2, -0.15) is 0 Å². The zero-order valence-electron chi connectivity index (χ0n) is 6.89. The number of hydrogen-bond acceptors (Lipinski definition) is 1. The van der Waals surface area contributed by atoms with Gasteiger partial charge in [0.2, 0.25) is 0 Å². The number of benzene rings is 1. The molecule has 0 saturated carbocycles. The minimum atomic E-state index is -1.08. The summed E-state index contributed by atoms with van der Waals surface area (Å²) in [6.45, 7) is 0. The second-order valence-corrected chi connectivity index (χ2v) is 3.54. The quantitative estimate of drug-likeness (QED) is 0.625. The molecule has 0 saturated heterocycles. The Morgan fingerprint density at radius 1 is 1.46 bits per heavy atom. The second-order valence-electron chi connectivity index (χ2n) is 3.13. The van der Waals surface area contributed by atoms with Crippen molar-refractivity contribution < 1.29 is 9.18 Å². The highest BCUT2D eigenvalue weighted by Gasteiger charge is 2.26. The molecule has 0 radical (unpaired) electrons. The number of carbonyl (C=O) groups excluding carboxylic acids is 1. The summed E-state index contributed by atoms with van der Waals surface area (Å²) in [6.07, 6.45) is -0.536. The molecule has 0 N–H and O–H groups in total. The van der Waals surface area contributed by atoms with Crippen LogP contribution < -0.4 is 0 Å². The van der Waals surface area contributed by atoms with Crippen LogP contribution in [0.25, 0.3) is 0 Å². The summed E-state index contributed by atoms with van der Waals surface area (Å²) < 4.78 is 13.4. The van der Waals surface area contributed by atoms with Gasteiger partial charge in [0.05, 0.1) is 0 Å². The molecule has 1 aliphatic rings. The van der Waals surface area contributed by atoms with Crippen LogP contribution in [0.1, 0.15) is 34.9 Å². The van der Waals surface area contributed by atoms with E-state index in [1.54, 1.807) is 18.2 Å². The van der Waals surface area contributed by atoms with Gasteiger partial charge in [0.15, 0.2) is 5.78 Å². The standard InChI is InChI=1S/C10H8ClFO/c11-7-3-1-2-6-9(13)5-4-8(12)10(6)7/h1-3,8H,4-5H2. The van der Waals surface area contributed by atoms with E-state index < -0.39 is 6.17 Å². The molecular weight excluding hydrogens is 191 g/mol. The molecule has 68 valence electrons. The molecule has 1 aromatic carbocycles. The summed E-state index contributed by atoms with van der Waals surface area (Å²) in [5, 5.41) is 0.359. The Kier molecular flexibility index (Phi) is 2.08. The fraction of sp³-hybridized carbons (Fsp3) is 0.300. The van der Waals surface area contributed by atoms with Gasteiger partial charge in [-0.05, 0) is 12.5 Å². The van der Waals surface area contributed by atoms with Crippen molar-refractivity contribution in [3.8, 4) is 0 Å². The van der Waals surface area contributed by atoms with Gasteiger partial charge in [0, 0.05) is 22.6 Å². The number of alkyl halides is 1. The Labute approximate surface area is 80.5 Å². The molecule has 1 unspecified atom stereocenters. The van der Waals surface area contributed by atoms with E-state index in [1.807, 2.05) is 0 Å². The molecule has 2 rings (SSSR count). The molecule has 0 fully saturated rings. The summed E-state index contributed by atoms with van der Waals surface area (Å²) in [5.74, 6) is -0.00796. The smallest absolute Gasteiger partial charge is 0.163 e. The molecule has 1 atom stereocenters. The minimum Gasteiger partial charge on any atom is -0.294 e. The molecular formula is C10H8ClFO. The SMILES string of the molecule is O=C1CCC(F)c2c(Cl)cccc21. The monoisotopic (exact) mass is 198 g/mol. The number of ketones is 1. The summed E-state index contributed by atoms with van der Waals surface area (Å²) in [5.41, 5.74) is 0.826. The number of carbonyl (C=O) groups is 1. The van der Waals surface area contributed by atoms with Gasteiger partial charge < -0.3 is 0 Å². The number of halogens is 2. The average Bonchev–Trinajstić information content (AvgIpc) is 2.12. The highest BCUT2D eigenvalue weighted by molar-refractivity contribution is 6.32. The normalized spacial score (nSPS) is 21.4. The van der Waals surface area contributed by atoms with Crippen LogP contribution in [-0.2, 0) is 0 Å². The van der Waals surface area contributed by atoms with Gasteiger partial charge in [-0.3, -0.25) is 4.79 Å². The zero-order valence-corrected chi connectivity index (χ0v) is 7.64. The molecule has 0 aliphatic heterocycles. The van der Waals surface area contributed by atoms with Crippen molar-refractivity contribution in [2.24, 2.45) is 0 Å². The number of hydrogen-bond donors (Lipinski definition) is 0. The molecule has 3 heteroatoms. The van der Waals surface area contributed by atoms with E-state index in [0.29, 0.717) is 16.1 Å². The topological polar surface area (TPSA) is 17.1 Å². The van der Waals surface area contributed by atoms with Crippen LogP contribution in [0.15, 0.2) is 18.2 Å². The lowest BCUT2D eigenvalue weighted by Gasteiger charge is -2.19. The van der Waals surface area contributed by atoms with Crippen LogP contribution in [0.2, 0.25) is 5.02 Å². The number of Topliss-reactive ketones (excluding diaryl/α,β-unsaturated/α-hetero) is 1. The van der Waals surface area contributed by atoms with Gasteiger partial charge >= 0.3 is 0 Å². The largest absolute Gasteiger partial charge is 0.294 e. The summed E-state index contributed by atoms with van der Waals surface area (Å²) in [4.78, 5) is 11.4. The highest BCUT2D eigenvalue weighted by atomic mass is 35.5. The molecule has 13 heavy (non-hydrogen) atoms. The van der Waals surface area contributed by atoms with Gasteiger partial charge in [-0.15, -0.1) is 0 Å². The van der Waals surface area contributed by atoms with E-state index in [9.17, 15) is 9.18 Å². The number of rotatable bonds is 0. The maximum absolute atomic E-state index is 13.4. The molecule has 1 aromatic rings. The summed E-state index contributed by atoms with van der Waals surface area (Å²) >= 11 is 5.81. The number of fused-ring (bicyclic) bond motifs is 1. The van der Waals surface area contributed by atoms with E-state index in [0.717, 1.165) is 0 Å². The van der Waals surface area contributed by atoms with E-state index >= 15 is 0 Å². The lowest BCUT2D eigenvalue weighted by molar-refractivity contribution is 0.0949. The Morgan fingerprint density at radius 3 is 2.92 bits per heavy atom. The van der Waals surface area contributed by atoms with E-state index in [4.69, 9.17) is 11.6 Å². The van der Waals surface area contributed by atoms with Crippen LogP contribution >= 0.6 is 11.6 Å². The highest BCUT2D eigenvalue weighted by Crippen LogP contribution is 2.36. The minimum absolute atomic E-state index is 0.00796. The second kappa shape index (κ2) is 3.11. The van der Waals surface area contributed by atoms with Crippen LogP contribution in [0.4, 0.5) is 4.39 Å². The molecule has 1 nitrogen and oxygen atoms in total. The Balaban J connectivity index is 2.63. The van der Waals surface area contributed by atoms with Crippen molar-refractivity contribution in [1.82, 2.24) is 0 Å². The predicted octanol–water partition coefficient (Wildman–Crippen LogP) is 3.33. The first kappa shape index (κ1) is 8.70. The van der Waals surface area contributed by atoms with E-state index in [1.165, 1.54) is 0 Å². The van der Waals surface area contributed by atoms with Crippen molar-refractivity contribution >= 4 is 17.4 Å². The van der Waals surface area contributed by atoms with Gasteiger partial charge in [0.25, 0.3) is 0 Å². The van der Waals surface area contributed by atoms with Crippen LogP contribution in [0, 0.1) is 0 Å². The van der Waals surface area contributed by atoms with Gasteiger partial charge in [-0.1, -0.05) is 23.7 Å². The van der Waals surface area contributed by atoms with Crippen molar-refractivity contribution in [1.29, 1.82) is 0 Å². The van der Waals surface area contributed by atoms with Crippen molar-refractivity contribution in [2.45, 2.75) is 19.0 Å². The molecule has 0 amide bonds. The molecule has 0 heterocycles. The Morgan fingerprint density at radius 2 is 2.23 bits per heavy atom. The Bertz CT molecular complexity index is 362. The first-order valence-corrected chi connectivity index (χ1v) is 4.53. The molecule has 0 aromatic heterocycles. The van der Waals surface area contributed by atoms with Crippen LogP contribution in [0.3, 0.4) is 0 Å². The summed E-state index contributed by atoms with van der Waals surface area (Å²) in [7, 11) is 0. The van der Waals surface area contributed by atoms with Crippen molar-refractivity contribution in [3.05, 3.63) is 34.3 Å². The van der Waals surface area contributed by atoms with Gasteiger partial charge in [-0.25, -0.2) is 4.39 Å². The third kappa shape index (κ3) is 1.35. The first-order chi connectivity index (χ1) is 6.20. The maximum Gasteiger partial charge on any atom is 0.163 e. The average molecular weight is 199 g/mol. The molecule has 1 aliphatic carbocycles. The maximum atomic E-state index is 13.4. The third-order valence-electron chi connectivity index (χ3n) is 2.29. The fourth-order valence-electron chi connectivity index (χ4n) is 1.64. The van der Waals surface area contributed by atoms with Crippen molar-refractivity contribution in [2.75, 3.05) is 0 Å². The van der Waals surface area contributed by atoms with Crippen LogP contribution in [-0.4, -0.2) is 5.78 Å². The zero-order chi connectivity index (χ0) is 9.42.